The molecule has 2 aromatic carbocycles. The van der Waals surface area contributed by atoms with E-state index in [2.05, 4.69) is 15.3 Å². The predicted molar refractivity (Wildman–Crippen MR) is 136 cm³/mol. The minimum absolute atomic E-state index is 0.0991. The molecule has 3 heterocycles. The van der Waals surface area contributed by atoms with Crippen LogP contribution < -0.4 is 10.2 Å². The number of anilines is 2. The van der Waals surface area contributed by atoms with E-state index >= 15 is 0 Å². The molecular formula is C28H22F6N4O3. The van der Waals surface area contributed by atoms with Gasteiger partial charge in [0, 0.05) is 18.7 Å². The number of alkyl halides is 6. The van der Waals surface area contributed by atoms with Crippen molar-refractivity contribution in [3.05, 3.63) is 95.5 Å². The Labute approximate surface area is 229 Å². The van der Waals surface area contributed by atoms with E-state index in [1.165, 1.54) is 42.6 Å². The van der Waals surface area contributed by atoms with Crippen LogP contribution in [0.1, 0.15) is 40.2 Å². The van der Waals surface area contributed by atoms with Gasteiger partial charge >= 0.3 is 12.4 Å². The lowest BCUT2D eigenvalue weighted by Gasteiger charge is -2.39. The van der Waals surface area contributed by atoms with Crippen molar-refractivity contribution in [2.45, 2.75) is 30.8 Å². The van der Waals surface area contributed by atoms with Crippen molar-refractivity contribution in [2.75, 3.05) is 23.3 Å². The summed E-state index contributed by atoms with van der Waals surface area (Å²) >= 11 is 0. The lowest BCUT2D eigenvalue weighted by molar-refractivity contribution is -0.141. The summed E-state index contributed by atoms with van der Waals surface area (Å²) in [4.78, 5) is 22.3. The first-order valence-electron chi connectivity index (χ1n) is 12.4. The van der Waals surface area contributed by atoms with Gasteiger partial charge in [-0.1, -0.05) is 30.3 Å². The summed E-state index contributed by atoms with van der Waals surface area (Å²) in [5, 5.41) is 13.4. The van der Waals surface area contributed by atoms with Gasteiger partial charge < -0.3 is 19.7 Å². The molecule has 1 aliphatic heterocycles. The molecule has 0 radical (unpaired) electrons. The van der Waals surface area contributed by atoms with Crippen LogP contribution in [0.2, 0.25) is 0 Å². The summed E-state index contributed by atoms with van der Waals surface area (Å²) in [6, 6.07) is 15.4. The van der Waals surface area contributed by atoms with E-state index in [4.69, 9.17) is 4.42 Å². The highest BCUT2D eigenvalue weighted by atomic mass is 19.4. The fraction of sp³-hybridized carbons (Fsp3) is 0.250. The molecule has 5 rings (SSSR count). The van der Waals surface area contributed by atoms with Gasteiger partial charge in [0.05, 0.1) is 23.0 Å². The molecule has 1 amide bonds. The molecule has 1 saturated heterocycles. The molecule has 0 unspecified atom stereocenters. The summed E-state index contributed by atoms with van der Waals surface area (Å²) in [6.45, 7) is 0.557. The van der Waals surface area contributed by atoms with Crippen LogP contribution in [0, 0.1) is 0 Å². The van der Waals surface area contributed by atoms with Crippen LogP contribution in [0.15, 0.2) is 77.3 Å². The number of hydrogen-bond donors (Lipinski definition) is 2. The smallest absolute Gasteiger partial charge is 0.430 e. The lowest BCUT2D eigenvalue weighted by Crippen LogP contribution is -2.43. The number of aliphatic hydroxyl groups is 1. The van der Waals surface area contributed by atoms with Crippen molar-refractivity contribution in [2.24, 2.45) is 0 Å². The molecule has 0 saturated carbocycles. The van der Waals surface area contributed by atoms with Crippen LogP contribution in [-0.4, -0.2) is 34.1 Å². The van der Waals surface area contributed by atoms with Gasteiger partial charge in [-0.05, 0) is 54.8 Å². The van der Waals surface area contributed by atoms with Gasteiger partial charge in [0.15, 0.2) is 5.69 Å². The van der Waals surface area contributed by atoms with Crippen molar-refractivity contribution in [1.29, 1.82) is 0 Å². The summed E-state index contributed by atoms with van der Waals surface area (Å²) in [6.07, 6.45) is -7.92. The van der Waals surface area contributed by atoms with Gasteiger partial charge in [-0.25, -0.2) is 9.97 Å². The number of amides is 1. The fourth-order valence-electron chi connectivity index (χ4n) is 4.58. The van der Waals surface area contributed by atoms with Crippen molar-refractivity contribution in [3.63, 3.8) is 0 Å². The Bertz CT molecular complexity index is 1530. The van der Waals surface area contributed by atoms with Gasteiger partial charge in [0.1, 0.15) is 5.82 Å². The summed E-state index contributed by atoms with van der Waals surface area (Å²) in [5.74, 6) is -2.06. The zero-order valence-electron chi connectivity index (χ0n) is 21.1. The third-order valence-corrected chi connectivity index (χ3v) is 6.77. The molecule has 214 valence electrons. The van der Waals surface area contributed by atoms with Crippen LogP contribution >= 0.6 is 0 Å². The Morgan fingerprint density at radius 2 is 1.63 bits per heavy atom. The molecule has 41 heavy (non-hydrogen) atoms. The largest absolute Gasteiger partial charge is 0.437 e. The maximum Gasteiger partial charge on any atom is 0.437 e. The van der Waals surface area contributed by atoms with Crippen LogP contribution in [-0.2, 0) is 18.0 Å². The number of piperidine rings is 1. The van der Waals surface area contributed by atoms with E-state index in [-0.39, 0.29) is 48.6 Å². The van der Waals surface area contributed by atoms with Gasteiger partial charge in [-0.3, -0.25) is 4.79 Å². The maximum absolute atomic E-state index is 13.6. The molecule has 1 aliphatic rings. The van der Waals surface area contributed by atoms with E-state index in [9.17, 15) is 36.2 Å². The first-order chi connectivity index (χ1) is 19.3. The Hall–Kier alpha value is -4.39. The zero-order chi connectivity index (χ0) is 29.4. The van der Waals surface area contributed by atoms with E-state index in [0.717, 1.165) is 12.1 Å². The minimum Gasteiger partial charge on any atom is -0.430 e. The molecule has 2 N–H and O–H groups in total. The monoisotopic (exact) mass is 576 g/mol. The number of benzene rings is 2. The number of rotatable bonds is 5. The van der Waals surface area contributed by atoms with E-state index < -0.39 is 40.9 Å². The quantitative estimate of drug-likeness (QED) is 0.263. The number of oxazole rings is 1. The highest BCUT2D eigenvalue weighted by molar-refractivity contribution is 6.03. The summed E-state index contributed by atoms with van der Waals surface area (Å²) in [5.41, 5.74) is -3.20. The van der Waals surface area contributed by atoms with Crippen LogP contribution in [0.4, 0.5) is 37.8 Å². The Morgan fingerprint density at radius 3 is 2.24 bits per heavy atom. The Balaban J connectivity index is 1.26. The van der Waals surface area contributed by atoms with Gasteiger partial charge in [-0.15, -0.1) is 0 Å². The normalized spacial score (nSPS) is 15.5. The molecule has 1 fully saturated rings. The fourth-order valence-corrected chi connectivity index (χ4v) is 4.58. The van der Waals surface area contributed by atoms with Crippen molar-refractivity contribution >= 4 is 17.4 Å². The second-order valence-electron chi connectivity index (χ2n) is 9.52. The zero-order valence-corrected chi connectivity index (χ0v) is 21.1. The first kappa shape index (κ1) is 28.1. The first-order valence-corrected chi connectivity index (χ1v) is 12.4. The van der Waals surface area contributed by atoms with E-state index in [1.54, 1.807) is 23.1 Å². The molecule has 2 aromatic heterocycles. The summed E-state index contributed by atoms with van der Waals surface area (Å²) < 4.78 is 85.3. The van der Waals surface area contributed by atoms with E-state index in [1.807, 2.05) is 0 Å². The Kier molecular flexibility index (Phi) is 7.24. The minimum atomic E-state index is -4.93. The third-order valence-electron chi connectivity index (χ3n) is 6.77. The number of aromatic nitrogens is 2. The van der Waals surface area contributed by atoms with Crippen molar-refractivity contribution < 1.29 is 40.7 Å². The number of pyridine rings is 1. The molecule has 0 atom stereocenters. The van der Waals surface area contributed by atoms with Gasteiger partial charge in [0.2, 0.25) is 11.7 Å². The van der Waals surface area contributed by atoms with Gasteiger partial charge in [0.25, 0.3) is 5.91 Å². The van der Waals surface area contributed by atoms with Crippen molar-refractivity contribution in [1.82, 2.24) is 9.97 Å². The highest BCUT2D eigenvalue weighted by Crippen LogP contribution is 2.38. The third kappa shape index (κ3) is 6.04. The average Bonchev–Trinajstić information content (AvgIpc) is 3.41. The molecule has 0 aliphatic carbocycles. The van der Waals surface area contributed by atoms with Crippen LogP contribution in [0.25, 0.3) is 11.5 Å². The molecule has 13 heteroatoms. The number of hydrogen-bond acceptors (Lipinski definition) is 6. The molecule has 0 spiro atoms. The average molecular weight is 576 g/mol. The predicted octanol–water partition coefficient (Wildman–Crippen LogP) is 6.51. The SMILES string of the molecule is O=C(Nc1ccc(N2CCC(O)(c3cccc(C(F)(F)F)c3)CC2)nc1)c1oc(-c2ccccc2)nc1C(F)(F)F. The molecule has 7 nitrogen and oxygen atoms in total. The van der Waals surface area contributed by atoms with E-state index in [0.29, 0.717) is 5.82 Å². The molecule has 4 aromatic rings. The topological polar surface area (TPSA) is 91.5 Å². The van der Waals surface area contributed by atoms with Gasteiger partial charge in [-0.2, -0.15) is 26.3 Å². The number of nitrogens with zero attached hydrogens (tertiary/aromatic N) is 3. The standard InChI is InChI=1S/C28H22F6N4O3/c29-27(30,31)19-8-4-7-18(15-19)26(40)11-13-38(14-12-26)21-10-9-20(16-35-21)36-24(39)22-23(28(32,33)34)37-25(41-22)17-5-2-1-3-6-17/h1-10,15-16,40H,11-14H2,(H,36,39). The second kappa shape index (κ2) is 10.5. The second-order valence-corrected chi connectivity index (χ2v) is 9.52. The van der Waals surface area contributed by atoms with Crippen molar-refractivity contribution in [3.8, 4) is 11.5 Å². The highest BCUT2D eigenvalue weighted by Gasteiger charge is 2.41. The van der Waals surface area contributed by atoms with Crippen LogP contribution in [0.5, 0.6) is 0 Å². The number of halogens is 6. The molecular weight excluding hydrogens is 554 g/mol. The molecule has 0 bridgehead atoms. The lowest BCUT2D eigenvalue weighted by atomic mass is 9.83. The summed E-state index contributed by atoms with van der Waals surface area (Å²) in [7, 11) is 0. The Morgan fingerprint density at radius 1 is 0.927 bits per heavy atom. The number of carbonyl (C=O) groups excluding carboxylic acids is 1. The van der Waals surface area contributed by atoms with Crippen LogP contribution in [0.3, 0.4) is 0 Å². The number of carbonyl (C=O) groups is 1. The maximum atomic E-state index is 13.6. The number of nitrogens with one attached hydrogen (secondary N) is 1.